The molecule has 0 spiro atoms. The van der Waals surface area contributed by atoms with Gasteiger partial charge in [-0.1, -0.05) is 44.0 Å². The second-order valence-corrected chi connectivity index (χ2v) is 7.05. The Balaban J connectivity index is 2.07. The molecule has 0 bridgehead atoms. The summed E-state index contributed by atoms with van der Waals surface area (Å²) < 4.78 is 0. The molecule has 3 heteroatoms. The van der Waals surface area contributed by atoms with Crippen LogP contribution in [0, 0.1) is 5.41 Å². The molecule has 1 aromatic carbocycles. The summed E-state index contributed by atoms with van der Waals surface area (Å²) in [5.41, 5.74) is 7.38. The molecule has 0 aliphatic rings. The molecule has 0 aromatic heterocycles. The quantitative estimate of drug-likeness (QED) is 0.699. The second-order valence-electron chi connectivity index (χ2n) is 5.50. The summed E-state index contributed by atoms with van der Waals surface area (Å²) in [5, 5.41) is 0.813. The van der Waals surface area contributed by atoms with Gasteiger partial charge in [0.2, 0.25) is 0 Å². The number of unbranched alkanes of at least 4 members (excludes halogenated alkanes) is 1. The lowest BCUT2D eigenvalue weighted by atomic mass is 9.88. The molecule has 0 saturated heterocycles. The predicted octanol–water partition coefficient (Wildman–Crippen LogP) is 4.73. The Bertz CT molecular complexity index is 335. The lowest BCUT2D eigenvalue weighted by Gasteiger charge is -2.21. The molecule has 1 rings (SSSR count). The van der Waals surface area contributed by atoms with E-state index in [4.69, 9.17) is 17.3 Å². The Morgan fingerprint density at radius 3 is 2.44 bits per heavy atom. The summed E-state index contributed by atoms with van der Waals surface area (Å²) in [4.78, 5) is 0. The maximum Gasteiger partial charge on any atom is 0.0406 e. The number of hydrogen-bond acceptors (Lipinski definition) is 2. The molecule has 0 amide bonds. The normalized spacial score (nSPS) is 11.8. The highest BCUT2D eigenvalue weighted by Gasteiger charge is 2.14. The summed E-state index contributed by atoms with van der Waals surface area (Å²) in [6, 6.07) is 8.13. The summed E-state index contributed by atoms with van der Waals surface area (Å²) in [5.74, 6) is 2.31. The number of thioether (sulfide) groups is 1. The van der Waals surface area contributed by atoms with Gasteiger partial charge in [0.05, 0.1) is 0 Å². The van der Waals surface area contributed by atoms with E-state index in [-0.39, 0.29) is 0 Å². The Morgan fingerprint density at radius 1 is 1.17 bits per heavy atom. The highest BCUT2D eigenvalue weighted by molar-refractivity contribution is 7.98. The van der Waals surface area contributed by atoms with Crippen LogP contribution in [0.5, 0.6) is 0 Å². The minimum atomic E-state index is 0.306. The van der Waals surface area contributed by atoms with Gasteiger partial charge >= 0.3 is 0 Å². The van der Waals surface area contributed by atoms with E-state index in [0.717, 1.165) is 17.3 Å². The van der Waals surface area contributed by atoms with Crippen molar-refractivity contribution in [3.8, 4) is 0 Å². The third kappa shape index (κ3) is 6.67. The van der Waals surface area contributed by atoms with Crippen molar-refractivity contribution >= 4 is 23.4 Å². The predicted molar refractivity (Wildman–Crippen MR) is 84.3 cm³/mol. The Labute approximate surface area is 120 Å². The Kier molecular flexibility index (Phi) is 7.13. The van der Waals surface area contributed by atoms with Gasteiger partial charge in [-0.25, -0.2) is 0 Å². The van der Waals surface area contributed by atoms with Crippen LogP contribution in [0.15, 0.2) is 24.3 Å². The van der Waals surface area contributed by atoms with Crippen LogP contribution >= 0.6 is 23.4 Å². The van der Waals surface area contributed by atoms with Crippen molar-refractivity contribution in [1.29, 1.82) is 0 Å². The van der Waals surface area contributed by atoms with Crippen LogP contribution in [-0.2, 0) is 5.75 Å². The second kappa shape index (κ2) is 8.08. The SMILES string of the molecule is CC(C)(CN)CCCCSCc1ccc(Cl)cc1. The van der Waals surface area contributed by atoms with Crippen molar-refractivity contribution in [3.05, 3.63) is 34.9 Å². The van der Waals surface area contributed by atoms with Crippen molar-refractivity contribution < 1.29 is 0 Å². The van der Waals surface area contributed by atoms with E-state index >= 15 is 0 Å². The first-order valence-electron chi connectivity index (χ1n) is 6.56. The van der Waals surface area contributed by atoms with Crippen molar-refractivity contribution in [3.63, 3.8) is 0 Å². The fraction of sp³-hybridized carbons (Fsp3) is 0.600. The molecule has 1 aromatic rings. The van der Waals surface area contributed by atoms with Crippen LogP contribution in [0.3, 0.4) is 0 Å². The summed E-state index contributed by atoms with van der Waals surface area (Å²) in [7, 11) is 0. The third-order valence-electron chi connectivity index (χ3n) is 3.13. The lowest BCUT2D eigenvalue weighted by Crippen LogP contribution is -2.23. The molecule has 0 atom stereocenters. The first-order valence-corrected chi connectivity index (χ1v) is 8.09. The molecule has 0 aliphatic heterocycles. The average Bonchev–Trinajstić information content (AvgIpc) is 2.36. The maximum absolute atomic E-state index is 5.85. The van der Waals surface area contributed by atoms with Crippen LogP contribution in [0.4, 0.5) is 0 Å². The van der Waals surface area contributed by atoms with Crippen LogP contribution in [0.25, 0.3) is 0 Å². The van der Waals surface area contributed by atoms with E-state index < -0.39 is 0 Å². The molecule has 2 N–H and O–H groups in total. The van der Waals surface area contributed by atoms with Crippen LogP contribution in [-0.4, -0.2) is 12.3 Å². The molecular formula is C15H24ClNS. The first-order chi connectivity index (χ1) is 8.53. The fourth-order valence-electron chi connectivity index (χ4n) is 1.68. The molecule has 0 radical (unpaired) electrons. The molecule has 18 heavy (non-hydrogen) atoms. The van der Waals surface area contributed by atoms with Gasteiger partial charge in [-0.2, -0.15) is 11.8 Å². The van der Waals surface area contributed by atoms with Gasteiger partial charge in [-0.3, -0.25) is 0 Å². The smallest absolute Gasteiger partial charge is 0.0406 e. The van der Waals surface area contributed by atoms with E-state index in [1.807, 2.05) is 23.9 Å². The molecule has 0 aliphatic carbocycles. The number of benzene rings is 1. The summed E-state index contributed by atoms with van der Waals surface area (Å²) in [6.07, 6.45) is 3.78. The Morgan fingerprint density at radius 2 is 1.83 bits per heavy atom. The largest absolute Gasteiger partial charge is 0.330 e. The van der Waals surface area contributed by atoms with Crippen molar-refractivity contribution in [2.45, 2.75) is 38.9 Å². The number of nitrogens with two attached hydrogens (primary N) is 1. The van der Waals surface area contributed by atoms with Gasteiger partial charge in [0.25, 0.3) is 0 Å². The van der Waals surface area contributed by atoms with Gasteiger partial charge in [0.1, 0.15) is 0 Å². The molecule has 0 heterocycles. The summed E-state index contributed by atoms with van der Waals surface area (Å²) >= 11 is 7.85. The zero-order valence-electron chi connectivity index (χ0n) is 11.4. The first kappa shape index (κ1) is 15.9. The lowest BCUT2D eigenvalue weighted by molar-refractivity contribution is 0.336. The number of rotatable bonds is 8. The number of halogens is 1. The minimum absolute atomic E-state index is 0.306. The maximum atomic E-state index is 5.85. The van der Waals surface area contributed by atoms with E-state index in [0.29, 0.717) is 5.41 Å². The standard InChI is InChI=1S/C15H24ClNS/c1-15(2,12-17)9-3-4-10-18-11-13-5-7-14(16)8-6-13/h5-8H,3-4,9-12,17H2,1-2H3. The zero-order chi connectivity index (χ0) is 13.4. The van der Waals surface area contributed by atoms with Gasteiger partial charge in [0, 0.05) is 10.8 Å². The van der Waals surface area contributed by atoms with Crippen molar-refractivity contribution in [2.75, 3.05) is 12.3 Å². The van der Waals surface area contributed by atoms with Gasteiger partial charge in [-0.15, -0.1) is 0 Å². The molecule has 0 fully saturated rings. The zero-order valence-corrected chi connectivity index (χ0v) is 13.0. The summed E-state index contributed by atoms with van der Waals surface area (Å²) in [6.45, 7) is 5.27. The van der Waals surface area contributed by atoms with E-state index in [9.17, 15) is 0 Å². The topological polar surface area (TPSA) is 26.0 Å². The monoisotopic (exact) mass is 285 g/mol. The van der Waals surface area contributed by atoms with Gasteiger partial charge in [0.15, 0.2) is 0 Å². The van der Waals surface area contributed by atoms with Crippen molar-refractivity contribution in [2.24, 2.45) is 11.1 Å². The van der Waals surface area contributed by atoms with Gasteiger partial charge < -0.3 is 5.73 Å². The van der Waals surface area contributed by atoms with E-state index in [1.54, 1.807) is 0 Å². The van der Waals surface area contributed by atoms with E-state index in [1.165, 1.54) is 30.6 Å². The molecule has 0 saturated carbocycles. The highest BCUT2D eigenvalue weighted by Crippen LogP contribution is 2.23. The van der Waals surface area contributed by atoms with Crippen LogP contribution < -0.4 is 5.73 Å². The average molecular weight is 286 g/mol. The van der Waals surface area contributed by atoms with Crippen LogP contribution in [0.2, 0.25) is 5.02 Å². The molecule has 102 valence electrons. The minimum Gasteiger partial charge on any atom is -0.330 e. The number of hydrogen-bond donors (Lipinski definition) is 1. The highest BCUT2D eigenvalue weighted by atomic mass is 35.5. The van der Waals surface area contributed by atoms with E-state index in [2.05, 4.69) is 26.0 Å². The molecular weight excluding hydrogens is 262 g/mol. The third-order valence-corrected chi connectivity index (χ3v) is 4.49. The fourth-order valence-corrected chi connectivity index (χ4v) is 2.79. The Hall–Kier alpha value is -0.180. The molecule has 1 nitrogen and oxygen atoms in total. The molecule has 0 unspecified atom stereocenters. The van der Waals surface area contributed by atoms with Gasteiger partial charge in [-0.05, 0) is 48.3 Å². The van der Waals surface area contributed by atoms with Crippen LogP contribution in [0.1, 0.15) is 38.7 Å². The van der Waals surface area contributed by atoms with Crippen molar-refractivity contribution in [1.82, 2.24) is 0 Å².